The number of amides is 1. The summed E-state index contributed by atoms with van der Waals surface area (Å²) in [6.45, 7) is 0.632. The van der Waals surface area contributed by atoms with Crippen molar-refractivity contribution in [2.24, 2.45) is 11.7 Å². The fourth-order valence-electron chi connectivity index (χ4n) is 1.85. The summed E-state index contributed by atoms with van der Waals surface area (Å²) >= 11 is 0. The second kappa shape index (κ2) is 5.77. The third-order valence-electron chi connectivity index (χ3n) is 3.08. The summed E-state index contributed by atoms with van der Waals surface area (Å²) in [7, 11) is 0. The molecule has 1 unspecified atom stereocenters. The van der Waals surface area contributed by atoms with Crippen molar-refractivity contribution < 1.29 is 4.79 Å². The molecule has 2 rings (SSSR count). The van der Waals surface area contributed by atoms with E-state index in [1.54, 1.807) is 6.20 Å². The maximum absolute atomic E-state index is 11.6. The van der Waals surface area contributed by atoms with Crippen LogP contribution in [0.5, 0.6) is 0 Å². The van der Waals surface area contributed by atoms with Crippen LogP contribution in [0.4, 0.5) is 0 Å². The topological polar surface area (TPSA) is 68.0 Å². The first-order valence-electron chi connectivity index (χ1n) is 6.18. The molecule has 3 N–H and O–H groups in total. The van der Waals surface area contributed by atoms with E-state index in [0.717, 1.165) is 12.1 Å². The van der Waals surface area contributed by atoms with Crippen LogP contribution in [-0.4, -0.2) is 23.5 Å². The Bertz CT molecular complexity index is 362. The minimum atomic E-state index is 0.0462. The summed E-state index contributed by atoms with van der Waals surface area (Å²) in [6.07, 6.45) is 5.35. The number of nitrogens with zero attached hydrogens (tertiary/aromatic N) is 1. The quantitative estimate of drug-likeness (QED) is 0.766. The number of nitrogens with two attached hydrogens (primary N) is 1. The average molecular weight is 233 g/mol. The molecule has 17 heavy (non-hydrogen) atoms. The Morgan fingerprint density at radius 2 is 2.35 bits per heavy atom. The van der Waals surface area contributed by atoms with Gasteiger partial charge in [-0.05, 0) is 30.9 Å². The van der Waals surface area contributed by atoms with E-state index in [9.17, 15) is 4.79 Å². The Kier molecular flexibility index (Phi) is 4.09. The third-order valence-corrected chi connectivity index (χ3v) is 3.08. The molecular formula is C13H19N3O. The van der Waals surface area contributed by atoms with Crippen LogP contribution in [0.2, 0.25) is 0 Å². The lowest BCUT2D eigenvalue weighted by Gasteiger charge is -2.10. The summed E-state index contributed by atoms with van der Waals surface area (Å²) in [5.41, 5.74) is 6.89. The summed E-state index contributed by atoms with van der Waals surface area (Å²) in [6, 6.07) is 5.84. The van der Waals surface area contributed by atoms with Crippen LogP contribution in [0.3, 0.4) is 0 Å². The molecule has 0 bridgehead atoms. The van der Waals surface area contributed by atoms with Gasteiger partial charge in [0.2, 0.25) is 5.91 Å². The van der Waals surface area contributed by atoms with Gasteiger partial charge in [0.05, 0.1) is 0 Å². The van der Waals surface area contributed by atoms with Crippen LogP contribution >= 0.6 is 0 Å². The summed E-state index contributed by atoms with van der Waals surface area (Å²) in [5, 5.41) is 2.89. The maximum atomic E-state index is 11.6. The van der Waals surface area contributed by atoms with Gasteiger partial charge in [-0.3, -0.25) is 9.78 Å². The molecule has 1 aromatic rings. The van der Waals surface area contributed by atoms with Gasteiger partial charge in [0, 0.05) is 37.3 Å². The van der Waals surface area contributed by atoms with E-state index >= 15 is 0 Å². The standard InChI is InChI=1S/C13H19N3O/c14-12(10-4-5-10)9-13(17)16-8-6-11-3-1-2-7-15-11/h1-3,7,10,12H,4-6,8-9,14H2,(H,16,17). The zero-order valence-corrected chi connectivity index (χ0v) is 9.93. The van der Waals surface area contributed by atoms with Crippen molar-refractivity contribution in [3.05, 3.63) is 30.1 Å². The second-order valence-electron chi connectivity index (χ2n) is 4.63. The highest BCUT2D eigenvalue weighted by Gasteiger charge is 2.29. The van der Waals surface area contributed by atoms with Crippen LogP contribution in [0.15, 0.2) is 24.4 Å². The average Bonchev–Trinajstić information content (AvgIpc) is 3.14. The highest BCUT2D eigenvalue weighted by Crippen LogP contribution is 2.32. The van der Waals surface area contributed by atoms with E-state index < -0.39 is 0 Å². The Morgan fingerprint density at radius 1 is 1.53 bits per heavy atom. The van der Waals surface area contributed by atoms with Gasteiger partial charge in [0.25, 0.3) is 0 Å². The number of aromatic nitrogens is 1. The first-order chi connectivity index (χ1) is 8.25. The van der Waals surface area contributed by atoms with Crippen molar-refractivity contribution in [3.63, 3.8) is 0 Å². The van der Waals surface area contributed by atoms with Crippen molar-refractivity contribution in [2.45, 2.75) is 31.7 Å². The normalized spacial score (nSPS) is 16.5. The van der Waals surface area contributed by atoms with Crippen molar-refractivity contribution in [2.75, 3.05) is 6.54 Å². The van der Waals surface area contributed by atoms with Gasteiger partial charge in [-0.2, -0.15) is 0 Å². The van der Waals surface area contributed by atoms with Gasteiger partial charge in [-0.1, -0.05) is 6.07 Å². The molecule has 0 saturated heterocycles. The van der Waals surface area contributed by atoms with Gasteiger partial charge in [-0.25, -0.2) is 0 Å². The van der Waals surface area contributed by atoms with E-state index in [-0.39, 0.29) is 11.9 Å². The molecule has 1 amide bonds. The van der Waals surface area contributed by atoms with Crippen LogP contribution < -0.4 is 11.1 Å². The van der Waals surface area contributed by atoms with Crippen LogP contribution in [0, 0.1) is 5.92 Å². The lowest BCUT2D eigenvalue weighted by atomic mass is 10.1. The predicted molar refractivity (Wildman–Crippen MR) is 66.3 cm³/mol. The van der Waals surface area contributed by atoms with Crippen LogP contribution in [0.25, 0.3) is 0 Å². The van der Waals surface area contributed by atoms with Crippen molar-refractivity contribution in [1.82, 2.24) is 10.3 Å². The summed E-state index contributed by atoms with van der Waals surface area (Å²) < 4.78 is 0. The number of pyridine rings is 1. The number of nitrogens with one attached hydrogen (secondary N) is 1. The van der Waals surface area contributed by atoms with Crippen molar-refractivity contribution >= 4 is 5.91 Å². The fourth-order valence-corrected chi connectivity index (χ4v) is 1.85. The maximum Gasteiger partial charge on any atom is 0.221 e. The number of carbonyl (C=O) groups is 1. The molecule has 4 heteroatoms. The Balaban J connectivity index is 1.63. The summed E-state index contributed by atoms with van der Waals surface area (Å²) in [5.74, 6) is 0.636. The first-order valence-corrected chi connectivity index (χ1v) is 6.18. The molecule has 1 aromatic heterocycles. The lowest BCUT2D eigenvalue weighted by Crippen LogP contribution is -2.33. The van der Waals surface area contributed by atoms with E-state index in [1.807, 2.05) is 18.2 Å². The molecule has 1 heterocycles. The Morgan fingerprint density at radius 3 is 3.00 bits per heavy atom. The molecule has 1 saturated carbocycles. The van der Waals surface area contributed by atoms with Crippen LogP contribution in [0.1, 0.15) is 25.0 Å². The minimum Gasteiger partial charge on any atom is -0.356 e. The molecule has 1 atom stereocenters. The fraction of sp³-hybridized carbons (Fsp3) is 0.538. The number of rotatable bonds is 6. The first kappa shape index (κ1) is 12.0. The Labute approximate surface area is 102 Å². The second-order valence-corrected chi connectivity index (χ2v) is 4.63. The summed E-state index contributed by atoms with van der Waals surface area (Å²) in [4.78, 5) is 15.8. The molecular weight excluding hydrogens is 214 g/mol. The lowest BCUT2D eigenvalue weighted by molar-refractivity contribution is -0.121. The third kappa shape index (κ3) is 4.15. The van der Waals surface area contributed by atoms with E-state index in [4.69, 9.17) is 5.73 Å². The SMILES string of the molecule is NC(CC(=O)NCCc1ccccn1)C1CC1. The number of carbonyl (C=O) groups excluding carboxylic acids is 1. The molecule has 0 radical (unpaired) electrons. The Hall–Kier alpha value is -1.42. The number of hydrogen-bond acceptors (Lipinski definition) is 3. The molecule has 1 fully saturated rings. The zero-order chi connectivity index (χ0) is 12.1. The molecule has 0 spiro atoms. The minimum absolute atomic E-state index is 0.0462. The predicted octanol–water partition coefficient (Wildman–Crippen LogP) is 0.868. The molecule has 0 aromatic carbocycles. The van der Waals surface area contributed by atoms with E-state index in [0.29, 0.717) is 18.9 Å². The van der Waals surface area contributed by atoms with Gasteiger partial charge in [0.1, 0.15) is 0 Å². The van der Waals surface area contributed by atoms with Gasteiger partial charge in [0.15, 0.2) is 0 Å². The monoisotopic (exact) mass is 233 g/mol. The van der Waals surface area contributed by atoms with Crippen molar-refractivity contribution in [1.29, 1.82) is 0 Å². The van der Waals surface area contributed by atoms with Crippen LogP contribution in [-0.2, 0) is 11.2 Å². The smallest absolute Gasteiger partial charge is 0.221 e. The molecule has 4 nitrogen and oxygen atoms in total. The van der Waals surface area contributed by atoms with Gasteiger partial charge >= 0.3 is 0 Å². The highest BCUT2D eigenvalue weighted by molar-refractivity contribution is 5.76. The number of hydrogen-bond donors (Lipinski definition) is 2. The van der Waals surface area contributed by atoms with Crippen molar-refractivity contribution in [3.8, 4) is 0 Å². The van der Waals surface area contributed by atoms with Gasteiger partial charge < -0.3 is 11.1 Å². The van der Waals surface area contributed by atoms with Gasteiger partial charge in [-0.15, -0.1) is 0 Å². The van der Waals surface area contributed by atoms with E-state index in [1.165, 1.54) is 12.8 Å². The molecule has 1 aliphatic carbocycles. The largest absolute Gasteiger partial charge is 0.356 e. The molecule has 92 valence electrons. The molecule has 1 aliphatic rings. The zero-order valence-electron chi connectivity index (χ0n) is 9.93. The highest BCUT2D eigenvalue weighted by atomic mass is 16.1. The van der Waals surface area contributed by atoms with E-state index in [2.05, 4.69) is 10.3 Å². The molecule has 0 aliphatic heterocycles.